The van der Waals surface area contributed by atoms with E-state index in [1.165, 1.54) is 0 Å². The van der Waals surface area contributed by atoms with Crippen LogP contribution in [0, 0.1) is 5.92 Å². The predicted molar refractivity (Wildman–Crippen MR) is 122 cm³/mol. The molecule has 2 aromatic carbocycles. The second-order valence-electron chi connectivity index (χ2n) is 8.69. The Bertz CT molecular complexity index is 1000. The lowest BCUT2D eigenvalue weighted by Crippen LogP contribution is -2.51. The first kappa shape index (κ1) is 22.5. The lowest BCUT2D eigenvalue weighted by Gasteiger charge is -2.29. The fraction of sp³-hybridized carbons (Fsp3) is 0.360. The van der Waals surface area contributed by atoms with E-state index in [0.29, 0.717) is 17.0 Å². The molecule has 1 heterocycles. The van der Waals surface area contributed by atoms with Gasteiger partial charge in [-0.05, 0) is 29.9 Å². The first-order valence-corrected chi connectivity index (χ1v) is 11.3. The molecule has 4 rings (SSSR count). The Morgan fingerprint density at radius 1 is 0.970 bits per heavy atom. The van der Waals surface area contributed by atoms with Crippen molar-refractivity contribution in [1.29, 1.82) is 0 Å². The van der Waals surface area contributed by atoms with Crippen LogP contribution in [0.3, 0.4) is 0 Å². The van der Waals surface area contributed by atoms with E-state index < -0.39 is 36.0 Å². The molecule has 8 heteroatoms. The van der Waals surface area contributed by atoms with Crippen molar-refractivity contribution in [1.82, 2.24) is 20.9 Å². The number of hydrogen-bond acceptors (Lipinski definition) is 4. The topological polar surface area (TPSA) is 108 Å². The van der Waals surface area contributed by atoms with Crippen LogP contribution in [0.4, 0.5) is 9.59 Å². The molecule has 1 saturated heterocycles. The highest BCUT2D eigenvalue weighted by Crippen LogP contribution is 2.35. The first-order chi connectivity index (χ1) is 15.9. The van der Waals surface area contributed by atoms with E-state index in [9.17, 15) is 19.2 Å². The van der Waals surface area contributed by atoms with Gasteiger partial charge in [-0.15, -0.1) is 0 Å². The van der Waals surface area contributed by atoms with Crippen molar-refractivity contribution >= 4 is 23.9 Å². The molecule has 0 unspecified atom stereocenters. The summed E-state index contributed by atoms with van der Waals surface area (Å²) in [6.45, 7) is 1.52. The molecule has 2 aliphatic rings. The standard InChI is InChI=1S/C25H28N4O4/c1-17-10-8-9-15-20(17)26-23(32)27-21(30)16-29-22(31)25(28-24(29)33,18-11-4-2-5-12-18)19-13-6-3-7-14-19/h2-7,11-14,17,20H,8-10,15-16H2,1H3,(H,28,33)(H2,26,27,30,32)/t17-,20+/m0/s1. The fourth-order valence-corrected chi connectivity index (χ4v) is 4.70. The maximum Gasteiger partial charge on any atom is 0.326 e. The number of hydrogen-bond donors (Lipinski definition) is 3. The molecule has 0 radical (unpaired) electrons. The number of rotatable bonds is 5. The molecular formula is C25H28N4O4. The molecule has 0 spiro atoms. The summed E-state index contributed by atoms with van der Waals surface area (Å²) in [5.41, 5.74) is -0.275. The van der Waals surface area contributed by atoms with E-state index in [-0.39, 0.29) is 6.04 Å². The second-order valence-corrected chi connectivity index (χ2v) is 8.69. The highest BCUT2D eigenvalue weighted by Gasteiger charge is 2.54. The molecule has 0 aromatic heterocycles. The molecule has 2 aromatic rings. The van der Waals surface area contributed by atoms with E-state index in [4.69, 9.17) is 0 Å². The minimum Gasteiger partial charge on any atom is -0.335 e. The summed E-state index contributed by atoms with van der Waals surface area (Å²) in [5, 5.41) is 7.89. The van der Waals surface area contributed by atoms with Crippen molar-refractivity contribution in [2.45, 2.75) is 44.2 Å². The molecule has 2 atom stereocenters. The van der Waals surface area contributed by atoms with Gasteiger partial charge in [-0.3, -0.25) is 19.8 Å². The van der Waals surface area contributed by atoms with Crippen molar-refractivity contribution in [2.75, 3.05) is 6.54 Å². The quantitative estimate of drug-likeness (QED) is 0.611. The third-order valence-corrected chi connectivity index (χ3v) is 6.50. The van der Waals surface area contributed by atoms with Crippen LogP contribution in [-0.2, 0) is 15.1 Å². The minimum absolute atomic E-state index is 0.00655. The number of amides is 6. The van der Waals surface area contributed by atoms with Crippen LogP contribution in [0.5, 0.6) is 0 Å². The molecule has 2 fully saturated rings. The minimum atomic E-state index is -1.44. The molecule has 172 valence electrons. The largest absolute Gasteiger partial charge is 0.335 e. The van der Waals surface area contributed by atoms with Crippen molar-refractivity contribution in [3.05, 3.63) is 71.8 Å². The predicted octanol–water partition coefficient (Wildman–Crippen LogP) is 2.89. The number of carbonyl (C=O) groups excluding carboxylic acids is 4. The van der Waals surface area contributed by atoms with Gasteiger partial charge in [-0.1, -0.05) is 80.4 Å². The van der Waals surface area contributed by atoms with E-state index in [1.54, 1.807) is 48.5 Å². The smallest absolute Gasteiger partial charge is 0.326 e. The monoisotopic (exact) mass is 448 g/mol. The van der Waals surface area contributed by atoms with Gasteiger partial charge in [0.25, 0.3) is 5.91 Å². The molecule has 0 bridgehead atoms. The first-order valence-electron chi connectivity index (χ1n) is 11.3. The van der Waals surface area contributed by atoms with Crippen molar-refractivity contribution in [2.24, 2.45) is 5.92 Å². The highest BCUT2D eigenvalue weighted by molar-refractivity contribution is 6.12. The number of nitrogens with one attached hydrogen (secondary N) is 3. The number of benzene rings is 2. The lowest BCUT2D eigenvalue weighted by molar-refractivity contribution is -0.134. The number of imide groups is 2. The summed E-state index contributed by atoms with van der Waals surface area (Å²) < 4.78 is 0. The Morgan fingerprint density at radius 3 is 2.12 bits per heavy atom. The van der Waals surface area contributed by atoms with Gasteiger partial charge < -0.3 is 10.6 Å². The average Bonchev–Trinajstić information content (AvgIpc) is 3.07. The summed E-state index contributed by atoms with van der Waals surface area (Å²) in [5.74, 6) is -0.958. The Kier molecular flexibility index (Phi) is 6.44. The van der Waals surface area contributed by atoms with Crippen LogP contribution in [-0.4, -0.2) is 41.4 Å². The van der Waals surface area contributed by atoms with Gasteiger partial charge in [-0.25, -0.2) is 9.59 Å². The molecule has 6 amide bonds. The van der Waals surface area contributed by atoms with Crippen LogP contribution in [0.2, 0.25) is 0 Å². The van der Waals surface area contributed by atoms with E-state index in [2.05, 4.69) is 22.9 Å². The van der Waals surface area contributed by atoms with Gasteiger partial charge in [0.2, 0.25) is 5.91 Å². The maximum atomic E-state index is 13.6. The van der Waals surface area contributed by atoms with Gasteiger partial charge in [0.1, 0.15) is 6.54 Å². The molecular weight excluding hydrogens is 420 g/mol. The summed E-state index contributed by atoms with van der Waals surface area (Å²) in [6.07, 6.45) is 4.07. The molecule has 1 saturated carbocycles. The van der Waals surface area contributed by atoms with Crippen LogP contribution in [0.15, 0.2) is 60.7 Å². The summed E-state index contributed by atoms with van der Waals surface area (Å²) >= 11 is 0. The number of nitrogens with zero attached hydrogens (tertiary/aromatic N) is 1. The second kappa shape index (κ2) is 9.44. The Labute approximate surface area is 192 Å². The zero-order valence-corrected chi connectivity index (χ0v) is 18.5. The summed E-state index contributed by atoms with van der Waals surface area (Å²) in [7, 11) is 0. The zero-order valence-electron chi connectivity index (χ0n) is 18.5. The van der Waals surface area contributed by atoms with E-state index in [1.807, 2.05) is 12.1 Å². The zero-order chi connectivity index (χ0) is 23.4. The normalized spacial score (nSPS) is 21.9. The average molecular weight is 449 g/mol. The number of carbonyl (C=O) groups is 4. The van der Waals surface area contributed by atoms with E-state index >= 15 is 0 Å². The molecule has 1 aliphatic carbocycles. The third kappa shape index (κ3) is 4.46. The van der Waals surface area contributed by atoms with Gasteiger partial charge in [0, 0.05) is 6.04 Å². The third-order valence-electron chi connectivity index (χ3n) is 6.50. The van der Waals surface area contributed by atoms with Crippen LogP contribution >= 0.6 is 0 Å². The molecule has 1 aliphatic heterocycles. The summed E-state index contributed by atoms with van der Waals surface area (Å²) in [6, 6.07) is 16.5. The van der Waals surface area contributed by atoms with Crippen molar-refractivity contribution in [3.63, 3.8) is 0 Å². The Hall–Kier alpha value is -3.68. The van der Waals surface area contributed by atoms with Gasteiger partial charge in [0.15, 0.2) is 5.54 Å². The number of urea groups is 2. The van der Waals surface area contributed by atoms with E-state index in [0.717, 1.165) is 30.6 Å². The van der Waals surface area contributed by atoms with Gasteiger partial charge in [-0.2, -0.15) is 0 Å². The van der Waals surface area contributed by atoms with Crippen LogP contribution < -0.4 is 16.0 Å². The van der Waals surface area contributed by atoms with Gasteiger partial charge in [0.05, 0.1) is 0 Å². The molecule has 3 N–H and O–H groups in total. The highest BCUT2D eigenvalue weighted by atomic mass is 16.2. The van der Waals surface area contributed by atoms with Gasteiger partial charge >= 0.3 is 12.1 Å². The van der Waals surface area contributed by atoms with Crippen LogP contribution in [0.25, 0.3) is 0 Å². The Balaban J connectivity index is 1.50. The fourth-order valence-electron chi connectivity index (χ4n) is 4.70. The molecule has 33 heavy (non-hydrogen) atoms. The van der Waals surface area contributed by atoms with Crippen molar-refractivity contribution < 1.29 is 19.2 Å². The van der Waals surface area contributed by atoms with Crippen molar-refractivity contribution in [3.8, 4) is 0 Å². The summed E-state index contributed by atoms with van der Waals surface area (Å²) in [4.78, 5) is 52.2. The maximum absolute atomic E-state index is 13.6. The lowest BCUT2D eigenvalue weighted by atomic mass is 9.82. The molecule has 8 nitrogen and oxygen atoms in total. The van der Waals surface area contributed by atoms with Crippen LogP contribution in [0.1, 0.15) is 43.7 Å². The Morgan fingerprint density at radius 2 is 1.55 bits per heavy atom. The SMILES string of the molecule is C[C@H]1CCCC[C@H]1NC(=O)NC(=O)CN1C(=O)NC(c2ccccc2)(c2ccccc2)C1=O.